The van der Waals surface area contributed by atoms with E-state index < -0.39 is 358 Å². The van der Waals surface area contributed by atoms with Crippen molar-refractivity contribution in [3.63, 3.8) is 0 Å². The zero-order valence-corrected chi connectivity index (χ0v) is 75.7. The third kappa shape index (κ3) is 24.0. The first-order valence-electron chi connectivity index (χ1n) is 45.3. The van der Waals surface area contributed by atoms with Gasteiger partial charge in [-0.1, -0.05) is 84.9 Å². The molecule has 8 saturated heterocycles. The highest BCUT2D eigenvalue weighted by atomic mass is 16.8. The van der Waals surface area contributed by atoms with Gasteiger partial charge in [-0.2, -0.15) is 0 Å². The molecular formula is C90H122N4O46. The number of benzene rings is 5. The van der Waals surface area contributed by atoms with Crippen molar-refractivity contribution in [2.75, 3.05) is 52.9 Å². The molecule has 4 amide bonds. The molecule has 778 valence electrons. The molecule has 0 bridgehead atoms. The molecule has 0 unspecified atom stereocenters. The number of hydrogen-bond donors (Lipinski definition) is 28. The van der Waals surface area contributed by atoms with Crippen molar-refractivity contribution < 1.29 is 227 Å². The van der Waals surface area contributed by atoms with Crippen LogP contribution in [0.15, 0.2) is 109 Å². The second-order valence-corrected chi connectivity index (χ2v) is 35.7. The van der Waals surface area contributed by atoms with Crippen molar-refractivity contribution in [2.24, 2.45) is 0 Å². The molecule has 140 heavy (non-hydrogen) atoms. The number of carboxylic acid groups (broad SMARTS) is 2. The standard InChI is InChI=1S/C90H122N4O46/c1-35-59(107)65(113)67(115)83(127-35)135-75-57(93-79(119)45-18-16-41-12-5-7-14-43(41)25-45)81(131-53(33-99)71(75)133-85-69(117)77(63(111)51(31-97)129-85)139-89(87(121)122)27-47(103)55(91-37(3)101)73(137-89)61(109)49(105)29-95)125-22-20-39-10-9-11-40(24-39)21-23-126-82-58(94-80(120)46-19-17-42-13-6-8-15-44(42)26-46)76(136-84-68(116)66(114)60(108)36(2)128-84)72(54(34-100)132-82)134-86-70(118)78(64(112)52(32-98)130-86)140-90(88(123)124)28-48(104)56(92-38(4)102)74(138-90)62(110)50(106)30-96/h5-19,24-26,35-36,47-78,81-86,95-100,103-118H,20-23,27-34H2,1-4H3,(H,91,101)(H,92,102)(H,93,119)(H,94,120)(H,121,122)(H,123,124)/t35-,36+,47+,48-,49-,50-,51-,52+,53-,54+,55+,56-,57-,58+,59+,60-,61-,62-,63-,64+,65-,66+,67-,68+,69-,70+,71+,72-,73+,74-,75+,76-,77-,78+,81+,82-,83-,84+,85-,86+,89-,90+/m1/s1. The maximum absolute atomic E-state index is 15.1. The fourth-order valence-electron chi connectivity index (χ4n) is 18.4. The van der Waals surface area contributed by atoms with Gasteiger partial charge in [0.05, 0.1) is 89.4 Å². The molecule has 28 N–H and O–H groups in total. The summed E-state index contributed by atoms with van der Waals surface area (Å²) in [6.45, 7) is -3.16. The molecule has 50 heteroatoms. The Morgan fingerprint density at radius 1 is 0.371 bits per heavy atom. The average molecular weight is 2000 g/mol. The van der Waals surface area contributed by atoms with E-state index in [0.717, 1.165) is 13.8 Å². The topological polar surface area (TPSA) is 784 Å². The van der Waals surface area contributed by atoms with Gasteiger partial charge in [0.15, 0.2) is 37.7 Å². The predicted octanol–water partition coefficient (Wildman–Crippen LogP) is -10.7. The SMILES string of the molecule is CC(=O)N[C@@H]1[C@@H]([C@H](O)[C@H](O)CO)O[C@](O[C@H]2[C@@H](O)[C@@H](O[C@@H]3[C@@H](O[C@H]4O[C@H](C)[C@H](O)[C@@H](O)[C@H]4O)[C@@H](NC(=O)c4ccc5ccccc5c4)[C@@H](OCCc4cccc(CCO[C@@H]5O[C@@H](CO)[C@@H](O[C@@H]6O[C@@H](CO)[C@H](O)[C@H](O[C@]7(C(=O)O)C[C@@H](O)[C@@H](NC(C)=O)[C@H]([C@H](O)[C@H](O)CO)O7)[C@@H]6O)[C@H](O[C@@H]6O[C@@H](C)[C@@H](O)[C@H](O)[C@@H]6O)[C@@H]5NC(=O)c5ccc6ccccc6c5)c4)O[C@@H]3CO)O[C@H](CO)[C@H]2O)(C(=O)O)C[C@@H]1O. The molecule has 42 atom stereocenters. The van der Waals surface area contributed by atoms with Gasteiger partial charge in [0.1, 0.15) is 171 Å². The van der Waals surface area contributed by atoms with Gasteiger partial charge in [-0.05, 0) is 83.6 Å². The van der Waals surface area contributed by atoms with Crippen LogP contribution in [0.1, 0.15) is 72.4 Å². The molecule has 0 aromatic heterocycles. The van der Waals surface area contributed by atoms with Crippen LogP contribution < -0.4 is 21.3 Å². The molecule has 0 spiro atoms. The molecule has 0 saturated carbocycles. The molecule has 8 heterocycles. The van der Waals surface area contributed by atoms with Crippen LogP contribution in [-0.4, -0.2) is 468 Å². The Hall–Kier alpha value is -8.08. The lowest BCUT2D eigenvalue weighted by Crippen LogP contribution is -2.71. The number of nitrogens with one attached hydrogen (secondary N) is 4. The number of carbonyl (C=O) groups is 6. The van der Waals surface area contributed by atoms with Gasteiger partial charge in [-0.25, -0.2) is 9.59 Å². The molecule has 8 aliphatic rings. The Balaban J connectivity index is 0.795. The maximum atomic E-state index is 15.1. The van der Waals surface area contributed by atoms with Gasteiger partial charge in [0.25, 0.3) is 23.4 Å². The number of rotatable bonds is 38. The van der Waals surface area contributed by atoms with Crippen LogP contribution in [0.3, 0.4) is 0 Å². The highest BCUT2D eigenvalue weighted by molar-refractivity contribution is 6.00. The van der Waals surface area contributed by atoms with E-state index in [1.165, 1.54) is 38.1 Å². The van der Waals surface area contributed by atoms with Crippen LogP contribution in [0.25, 0.3) is 21.5 Å². The number of carboxylic acids is 2. The van der Waals surface area contributed by atoms with E-state index in [0.29, 0.717) is 32.7 Å². The zero-order chi connectivity index (χ0) is 102. The largest absolute Gasteiger partial charge is 0.477 e. The molecule has 0 radical (unpaired) electrons. The van der Waals surface area contributed by atoms with Crippen molar-refractivity contribution in [3.05, 3.63) is 131 Å². The lowest BCUT2D eigenvalue weighted by Gasteiger charge is -2.51. The number of aliphatic hydroxyl groups excluding tert-OH is 22. The number of aliphatic hydroxyl groups is 22. The number of hydrogen-bond acceptors (Lipinski definition) is 44. The molecular weight excluding hydrogens is 1870 g/mol. The Morgan fingerprint density at radius 3 is 1.06 bits per heavy atom. The first-order chi connectivity index (χ1) is 66.6. The highest BCUT2D eigenvalue weighted by Gasteiger charge is 2.65. The lowest BCUT2D eigenvalue weighted by atomic mass is 9.88. The van der Waals surface area contributed by atoms with Crippen molar-refractivity contribution in [1.82, 2.24) is 21.3 Å². The first kappa shape index (κ1) is 109. The molecule has 13 rings (SSSR count). The number of carbonyl (C=O) groups excluding carboxylic acids is 4. The lowest BCUT2D eigenvalue weighted by molar-refractivity contribution is -0.391. The van der Waals surface area contributed by atoms with Gasteiger partial charge in [0, 0.05) is 37.8 Å². The monoisotopic (exact) mass is 1990 g/mol. The molecule has 50 nitrogen and oxygen atoms in total. The van der Waals surface area contributed by atoms with E-state index in [9.17, 15) is 142 Å². The summed E-state index contributed by atoms with van der Waals surface area (Å²) in [6.07, 6.45) is -76.6. The number of ether oxygens (including phenoxy) is 16. The van der Waals surface area contributed by atoms with Crippen LogP contribution in [0.4, 0.5) is 0 Å². The van der Waals surface area contributed by atoms with Crippen LogP contribution in [0.2, 0.25) is 0 Å². The highest BCUT2D eigenvalue weighted by Crippen LogP contribution is 2.44. The van der Waals surface area contributed by atoms with Crippen LogP contribution >= 0.6 is 0 Å². The van der Waals surface area contributed by atoms with Gasteiger partial charge in [-0.3, -0.25) is 19.2 Å². The Bertz CT molecular complexity index is 4670. The van der Waals surface area contributed by atoms with Gasteiger partial charge >= 0.3 is 11.9 Å². The van der Waals surface area contributed by atoms with Crippen molar-refractivity contribution in [3.8, 4) is 0 Å². The van der Waals surface area contributed by atoms with Crippen LogP contribution in [0, 0.1) is 0 Å². The van der Waals surface area contributed by atoms with Gasteiger partial charge < -0.3 is 220 Å². The smallest absolute Gasteiger partial charge is 0.364 e. The van der Waals surface area contributed by atoms with Crippen LogP contribution in [0.5, 0.6) is 0 Å². The third-order valence-corrected chi connectivity index (χ3v) is 26.1. The van der Waals surface area contributed by atoms with Gasteiger partial charge in [0.2, 0.25) is 11.8 Å². The maximum Gasteiger partial charge on any atom is 0.364 e. The first-order valence-corrected chi connectivity index (χ1v) is 45.3. The molecule has 0 aliphatic carbocycles. The predicted molar refractivity (Wildman–Crippen MR) is 462 cm³/mol. The van der Waals surface area contributed by atoms with E-state index in [1.807, 2.05) is 0 Å². The summed E-state index contributed by atoms with van der Waals surface area (Å²) in [4.78, 5) is 82.1. The minimum Gasteiger partial charge on any atom is -0.477 e. The average Bonchev–Trinajstić information content (AvgIpc) is 0.756. The minimum atomic E-state index is -3.28. The zero-order valence-electron chi connectivity index (χ0n) is 75.7. The molecule has 5 aromatic carbocycles. The second kappa shape index (κ2) is 47.4. The summed E-state index contributed by atoms with van der Waals surface area (Å²) in [5, 5.41) is 282. The van der Waals surface area contributed by atoms with Crippen molar-refractivity contribution >= 4 is 57.1 Å². The van der Waals surface area contributed by atoms with Crippen molar-refractivity contribution in [2.45, 2.75) is 310 Å². The fraction of sp³-hybridized carbons (Fsp3) is 0.644. The summed E-state index contributed by atoms with van der Waals surface area (Å²) in [5.74, 6) is -14.3. The van der Waals surface area contributed by atoms with E-state index in [-0.39, 0.29) is 24.0 Å². The number of fused-ring (bicyclic) bond motifs is 2. The Kier molecular flexibility index (Phi) is 37.0. The van der Waals surface area contributed by atoms with E-state index >= 15 is 9.59 Å². The van der Waals surface area contributed by atoms with Crippen LogP contribution in [-0.2, 0) is 108 Å². The summed E-state index contributed by atoms with van der Waals surface area (Å²) < 4.78 is 99.5. The van der Waals surface area contributed by atoms with E-state index in [1.54, 1.807) is 84.9 Å². The van der Waals surface area contributed by atoms with Crippen molar-refractivity contribution in [1.29, 1.82) is 0 Å². The third-order valence-electron chi connectivity index (χ3n) is 26.1. The normalized spacial score (nSPS) is 39.0. The summed E-state index contributed by atoms with van der Waals surface area (Å²) in [6, 6.07) is 22.6. The minimum absolute atomic E-state index is 0.00941. The quantitative estimate of drug-likeness (QED) is 0.0174. The Morgan fingerprint density at radius 2 is 0.714 bits per heavy atom. The van der Waals surface area contributed by atoms with E-state index in [2.05, 4.69) is 21.3 Å². The second-order valence-electron chi connectivity index (χ2n) is 35.7. The van der Waals surface area contributed by atoms with E-state index in [4.69, 9.17) is 75.8 Å². The van der Waals surface area contributed by atoms with Gasteiger partial charge in [-0.15, -0.1) is 0 Å². The Labute approximate surface area is 796 Å². The summed E-state index contributed by atoms with van der Waals surface area (Å²) in [5.41, 5.74) is 0.969. The molecule has 8 aliphatic heterocycles. The number of aliphatic carboxylic acids is 2. The summed E-state index contributed by atoms with van der Waals surface area (Å²) in [7, 11) is 0. The molecule has 8 fully saturated rings. The number of amides is 4. The fourth-order valence-corrected chi connectivity index (χ4v) is 18.4. The molecule has 5 aromatic rings. The summed E-state index contributed by atoms with van der Waals surface area (Å²) >= 11 is 0.